The van der Waals surface area contributed by atoms with Gasteiger partial charge in [0.15, 0.2) is 6.61 Å². The second kappa shape index (κ2) is 9.39. The molecule has 2 rings (SSSR count). The second-order valence-corrected chi connectivity index (χ2v) is 9.04. The monoisotopic (exact) mass is 395 g/mol. The Balaban J connectivity index is 1.81. The van der Waals surface area contributed by atoms with E-state index < -0.39 is 29.9 Å². The first-order valence-electron chi connectivity index (χ1n) is 10.2. The molecule has 0 atom stereocenters. The third-order valence-corrected chi connectivity index (χ3v) is 5.28. The third-order valence-electron chi connectivity index (χ3n) is 5.28. The molecule has 158 valence electrons. The molecule has 0 saturated heterocycles. The van der Waals surface area contributed by atoms with Gasteiger partial charge in [0, 0.05) is 18.0 Å². The number of rotatable bonds is 6. The van der Waals surface area contributed by atoms with Crippen molar-refractivity contribution < 1.29 is 23.9 Å². The maximum absolute atomic E-state index is 12.7. The van der Waals surface area contributed by atoms with Gasteiger partial charge in [0.2, 0.25) is 5.91 Å². The molecule has 2 saturated carbocycles. The van der Waals surface area contributed by atoms with E-state index >= 15 is 0 Å². The van der Waals surface area contributed by atoms with Crippen LogP contribution in [0.15, 0.2) is 0 Å². The van der Waals surface area contributed by atoms with Crippen LogP contribution in [-0.4, -0.2) is 42.0 Å². The van der Waals surface area contributed by atoms with Gasteiger partial charge in [-0.2, -0.15) is 0 Å². The maximum Gasteiger partial charge on any atom is 0.321 e. The summed E-state index contributed by atoms with van der Waals surface area (Å²) < 4.78 is 5.18. The minimum atomic E-state index is -0.887. The van der Waals surface area contributed by atoms with Crippen molar-refractivity contribution in [2.75, 3.05) is 6.61 Å². The number of carbonyl (C=O) groups is 4. The number of ether oxygens (including phenoxy) is 1. The molecule has 0 aliphatic heterocycles. The Morgan fingerprint density at radius 2 is 1.57 bits per heavy atom. The van der Waals surface area contributed by atoms with Gasteiger partial charge in [-0.15, -0.1) is 0 Å². The Labute approximate surface area is 166 Å². The van der Waals surface area contributed by atoms with Gasteiger partial charge in [0.05, 0.1) is 5.41 Å². The van der Waals surface area contributed by atoms with E-state index in [1.54, 1.807) is 0 Å². The summed E-state index contributed by atoms with van der Waals surface area (Å²) in [7, 11) is 0. The average molecular weight is 396 g/mol. The molecule has 2 fully saturated rings. The van der Waals surface area contributed by atoms with E-state index in [0.717, 1.165) is 38.5 Å². The molecule has 0 bridgehead atoms. The van der Waals surface area contributed by atoms with E-state index in [1.165, 1.54) is 0 Å². The van der Waals surface area contributed by atoms with Gasteiger partial charge < -0.3 is 15.4 Å². The standard InChI is InChI=1S/C20H33N3O5/c1-19(2,3)23-15(24)12-20(10-6-7-11-20)17(26)28-13-16(25)22-18(27)21-14-8-4-5-9-14/h14H,4-13H2,1-3H3,(H,23,24)(H2,21,22,25,27). The Morgan fingerprint density at radius 1 is 0.964 bits per heavy atom. The van der Waals surface area contributed by atoms with Crippen molar-refractivity contribution in [3.63, 3.8) is 0 Å². The summed E-state index contributed by atoms with van der Waals surface area (Å²) in [6.45, 7) is 5.11. The molecule has 0 aromatic rings. The fourth-order valence-electron chi connectivity index (χ4n) is 4.01. The SMILES string of the molecule is CC(C)(C)NC(=O)CC1(C(=O)OCC(=O)NC(=O)NC2CCCC2)CCCC1. The number of hydrogen-bond donors (Lipinski definition) is 3. The molecule has 28 heavy (non-hydrogen) atoms. The first kappa shape index (κ1) is 22.2. The van der Waals surface area contributed by atoms with Crippen LogP contribution in [0.1, 0.15) is 78.6 Å². The van der Waals surface area contributed by atoms with Gasteiger partial charge in [-0.25, -0.2) is 4.79 Å². The van der Waals surface area contributed by atoms with Crippen molar-refractivity contribution in [1.29, 1.82) is 0 Å². The normalized spacial score (nSPS) is 19.1. The first-order valence-corrected chi connectivity index (χ1v) is 10.2. The minimum absolute atomic E-state index is 0.0485. The molecule has 3 N–H and O–H groups in total. The summed E-state index contributed by atoms with van der Waals surface area (Å²) in [6, 6.07) is -0.466. The molecule has 0 aromatic heterocycles. The van der Waals surface area contributed by atoms with Crippen LogP contribution in [0.25, 0.3) is 0 Å². The zero-order valence-corrected chi connectivity index (χ0v) is 17.2. The molecular weight excluding hydrogens is 362 g/mol. The summed E-state index contributed by atoms with van der Waals surface area (Å²) in [4.78, 5) is 48.7. The number of carbonyl (C=O) groups excluding carboxylic acids is 4. The molecule has 2 aliphatic rings. The van der Waals surface area contributed by atoms with Crippen molar-refractivity contribution in [1.82, 2.24) is 16.0 Å². The predicted molar refractivity (Wildman–Crippen MR) is 103 cm³/mol. The molecular formula is C20H33N3O5. The summed E-state index contributed by atoms with van der Waals surface area (Å²) >= 11 is 0. The van der Waals surface area contributed by atoms with Gasteiger partial charge in [-0.3, -0.25) is 19.7 Å². The van der Waals surface area contributed by atoms with E-state index in [2.05, 4.69) is 16.0 Å². The van der Waals surface area contributed by atoms with Crippen LogP contribution in [0.2, 0.25) is 0 Å². The first-order chi connectivity index (χ1) is 13.1. The lowest BCUT2D eigenvalue weighted by Crippen LogP contribution is -2.46. The van der Waals surface area contributed by atoms with Crippen LogP contribution in [-0.2, 0) is 19.1 Å². The van der Waals surface area contributed by atoms with Crippen LogP contribution in [0.3, 0.4) is 0 Å². The van der Waals surface area contributed by atoms with Crippen molar-refractivity contribution in [2.24, 2.45) is 5.41 Å². The average Bonchev–Trinajstić information content (AvgIpc) is 3.23. The number of amides is 4. The van der Waals surface area contributed by atoms with E-state index in [-0.39, 0.29) is 23.9 Å². The van der Waals surface area contributed by atoms with Crippen LogP contribution in [0.4, 0.5) is 4.79 Å². The highest BCUT2D eigenvalue weighted by Crippen LogP contribution is 2.42. The molecule has 0 radical (unpaired) electrons. The molecule has 0 unspecified atom stereocenters. The van der Waals surface area contributed by atoms with Crippen molar-refractivity contribution in [3.05, 3.63) is 0 Å². The quantitative estimate of drug-likeness (QED) is 0.597. The number of imide groups is 1. The Morgan fingerprint density at radius 3 is 2.14 bits per heavy atom. The summed E-state index contributed by atoms with van der Waals surface area (Å²) in [6.07, 6.45) is 6.82. The minimum Gasteiger partial charge on any atom is -0.455 e. The molecule has 0 spiro atoms. The molecule has 2 aliphatic carbocycles. The van der Waals surface area contributed by atoms with Crippen LogP contribution < -0.4 is 16.0 Å². The molecule has 0 aromatic carbocycles. The zero-order chi connectivity index (χ0) is 20.8. The van der Waals surface area contributed by atoms with Gasteiger partial charge in [-0.1, -0.05) is 25.7 Å². The Hall–Kier alpha value is -2.12. The van der Waals surface area contributed by atoms with E-state index in [9.17, 15) is 19.2 Å². The summed E-state index contributed by atoms with van der Waals surface area (Å²) in [5, 5.41) is 7.81. The van der Waals surface area contributed by atoms with E-state index in [0.29, 0.717) is 12.8 Å². The molecule has 8 heteroatoms. The zero-order valence-electron chi connectivity index (χ0n) is 17.2. The fraction of sp³-hybridized carbons (Fsp3) is 0.800. The van der Waals surface area contributed by atoms with E-state index in [4.69, 9.17) is 4.74 Å². The van der Waals surface area contributed by atoms with Gasteiger partial charge >= 0.3 is 12.0 Å². The highest BCUT2D eigenvalue weighted by atomic mass is 16.5. The highest BCUT2D eigenvalue weighted by Gasteiger charge is 2.44. The maximum atomic E-state index is 12.7. The van der Waals surface area contributed by atoms with Gasteiger partial charge in [0.25, 0.3) is 5.91 Å². The molecule has 4 amide bonds. The van der Waals surface area contributed by atoms with Gasteiger partial charge in [0.1, 0.15) is 0 Å². The van der Waals surface area contributed by atoms with Crippen LogP contribution in [0, 0.1) is 5.41 Å². The molecule has 8 nitrogen and oxygen atoms in total. The fourth-order valence-corrected chi connectivity index (χ4v) is 4.01. The summed E-state index contributed by atoms with van der Waals surface area (Å²) in [5.74, 6) is -1.41. The van der Waals surface area contributed by atoms with Crippen LogP contribution >= 0.6 is 0 Å². The number of esters is 1. The lowest BCUT2D eigenvalue weighted by molar-refractivity contribution is -0.160. The number of urea groups is 1. The summed E-state index contributed by atoms with van der Waals surface area (Å²) in [5.41, 5.74) is -1.27. The topological polar surface area (TPSA) is 114 Å². The Kier molecular flexibility index (Phi) is 7.43. The lowest BCUT2D eigenvalue weighted by atomic mass is 9.82. The lowest BCUT2D eigenvalue weighted by Gasteiger charge is -2.28. The smallest absolute Gasteiger partial charge is 0.321 e. The largest absolute Gasteiger partial charge is 0.455 e. The molecule has 0 heterocycles. The predicted octanol–water partition coefficient (Wildman–Crippen LogP) is 2.16. The number of nitrogens with one attached hydrogen (secondary N) is 3. The second-order valence-electron chi connectivity index (χ2n) is 9.04. The Bertz CT molecular complexity index is 599. The van der Waals surface area contributed by atoms with Crippen molar-refractivity contribution >= 4 is 23.8 Å². The van der Waals surface area contributed by atoms with E-state index in [1.807, 2.05) is 20.8 Å². The third kappa shape index (κ3) is 6.80. The highest BCUT2D eigenvalue weighted by molar-refractivity contribution is 5.96. The van der Waals surface area contributed by atoms with Crippen LogP contribution in [0.5, 0.6) is 0 Å². The number of hydrogen-bond acceptors (Lipinski definition) is 5. The van der Waals surface area contributed by atoms with Crippen molar-refractivity contribution in [2.45, 2.75) is 90.1 Å². The van der Waals surface area contributed by atoms with Gasteiger partial charge in [-0.05, 0) is 46.5 Å². The van der Waals surface area contributed by atoms with Crippen molar-refractivity contribution in [3.8, 4) is 0 Å².